The van der Waals surface area contributed by atoms with E-state index < -0.39 is 4.92 Å². The molecule has 7 nitrogen and oxygen atoms in total. The summed E-state index contributed by atoms with van der Waals surface area (Å²) in [5, 5.41) is 17.9. The third kappa shape index (κ3) is 2.69. The van der Waals surface area contributed by atoms with Crippen LogP contribution in [-0.4, -0.2) is 20.6 Å². The van der Waals surface area contributed by atoms with Crippen LogP contribution < -0.4 is 5.32 Å². The van der Waals surface area contributed by atoms with Gasteiger partial charge in [0, 0.05) is 24.1 Å². The Hall–Kier alpha value is -2.70. The number of nitro groups is 1. The number of non-ortho nitro benzene ring substituents is 1. The molecule has 114 valence electrons. The smallest absolute Gasteiger partial charge is 0.269 e. The number of benzene rings is 1. The Kier molecular flexibility index (Phi) is 3.40. The average molecular weight is 300 g/mol. The first-order chi connectivity index (χ1) is 10.5. The number of hydrogen-bond donors (Lipinski definition) is 1. The van der Waals surface area contributed by atoms with E-state index in [1.54, 1.807) is 22.9 Å². The van der Waals surface area contributed by atoms with Crippen molar-refractivity contribution in [3.63, 3.8) is 0 Å². The molecule has 2 unspecified atom stereocenters. The average Bonchev–Trinajstić information content (AvgIpc) is 3.10. The highest BCUT2D eigenvalue weighted by atomic mass is 16.6. The van der Waals surface area contributed by atoms with Crippen LogP contribution in [0.5, 0.6) is 0 Å². The molecule has 0 saturated heterocycles. The largest absolute Gasteiger partial charge is 0.310 e. The fraction of sp³-hybridized carbons (Fsp3) is 0.333. The molecule has 0 bridgehead atoms. The van der Waals surface area contributed by atoms with E-state index in [9.17, 15) is 14.9 Å². The molecule has 1 aromatic carbocycles. The van der Waals surface area contributed by atoms with Crippen LogP contribution >= 0.6 is 0 Å². The van der Waals surface area contributed by atoms with Gasteiger partial charge in [0.1, 0.15) is 5.82 Å². The second-order valence-corrected chi connectivity index (χ2v) is 5.67. The summed E-state index contributed by atoms with van der Waals surface area (Å²) in [6, 6.07) is 7.84. The molecule has 3 rings (SSSR count). The van der Waals surface area contributed by atoms with Gasteiger partial charge in [-0.2, -0.15) is 5.10 Å². The highest BCUT2D eigenvalue weighted by Crippen LogP contribution is 2.38. The lowest BCUT2D eigenvalue weighted by atomic mass is 10.3. The quantitative estimate of drug-likeness (QED) is 0.694. The SMILES string of the molecule is Cc1cc(NC(=O)C2CC2C)n(-c2ccc([N+](=O)[O-])cc2)n1. The number of nitrogens with zero attached hydrogens (tertiary/aromatic N) is 3. The molecule has 0 radical (unpaired) electrons. The standard InChI is InChI=1S/C15H16N4O3/c1-9-7-13(9)15(20)16-14-8-10(2)17-18(14)11-3-5-12(6-4-11)19(21)22/h3-6,8-9,13H,7H2,1-2H3,(H,16,20). The summed E-state index contributed by atoms with van der Waals surface area (Å²) in [6.07, 6.45) is 0.913. The van der Waals surface area contributed by atoms with Gasteiger partial charge >= 0.3 is 0 Å². The third-order valence-corrected chi connectivity index (χ3v) is 3.83. The molecule has 1 saturated carbocycles. The summed E-state index contributed by atoms with van der Waals surface area (Å²) < 4.78 is 1.59. The molecule has 7 heteroatoms. The lowest BCUT2D eigenvalue weighted by Crippen LogP contribution is -2.17. The van der Waals surface area contributed by atoms with Gasteiger partial charge in [-0.25, -0.2) is 4.68 Å². The maximum Gasteiger partial charge on any atom is 0.269 e. The number of rotatable bonds is 4. The first kappa shape index (κ1) is 14.2. The number of carbonyl (C=O) groups excluding carboxylic acids is 1. The summed E-state index contributed by atoms with van der Waals surface area (Å²) in [4.78, 5) is 22.3. The molecule has 1 aliphatic rings. The Morgan fingerprint density at radius 2 is 2.05 bits per heavy atom. The van der Waals surface area contributed by atoms with Crippen LogP contribution in [-0.2, 0) is 4.79 Å². The van der Waals surface area contributed by atoms with Crippen molar-refractivity contribution in [2.75, 3.05) is 5.32 Å². The molecule has 1 heterocycles. The normalized spacial score (nSPS) is 19.7. The minimum Gasteiger partial charge on any atom is -0.310 e. The molecular weight excluding hydrogens is 284 g/mol. The number of nitrogens with one attached hydrogen (secondary N) is 1. The zero-order valence-electron chi connectivity index (χ0n) is 12.3. The van der Waals surface area contributed by atoms with Gasteiger partial charge in [0.15, 0.2) is 0 Å². The van der Waals surface area contributed by atoms with Crippen molar-refractivity contribution in [3.05, 3.63) is 46.1 Å². The number of amides is 1. The summed E-state index contributed by atoms with van der Waals surface area (Å²) in [5.74, 6) is 1.07. The van der Waals surface area contributed by atoms with Crippen molar-refractivity contribution in [1.82, 2.24) is 9.78 Å². The van der Waals surface area contributed by atoms with Crippen molar-refractivity contribution in [3.8, 4) is 5.69 Å². The van der Waals surface area contributed by atoms with E-state index in [-0.39, 0.29) is 17.5 Å². The van der Waals surface area contributed by atoms with Gasteiger partial charge in [-0.1, -0.05) is 6.92 Å². The molecule has 1 N–H and O–H groups in total. The van der Waals surface area contributed by atoms with Crippen LogP contribution in [0.15, 0.2) is 30.3 Å². The molecule has 1 amide bonds. The van der Waals surface area contributed by atoms with E-state index in [0.717, 1.165) is 12.1 Å². The molecule has 1 aliphatic carbocycles. The Morgan fingerprint density at radius 1 is 1.41 bits per heavy atom. The lowest BCUT2D eigenvalue weighted by Gasteiger charge is -2.08. The predicted octanol–water partition coefficient (Wildman–Crippen LogP) is 2.68. The van der Waals surface area contributed by atoms with Crippen molar-refractivity contribution in [2.45, 2.75) is 20.3 Å². The van der Waals surface area contributed by atoms with Crippen molar-refractivity contribution >= 4 is 17.4 Å². The van der Waals surface area contributed by atoms with Crippen LogP contribution in [0.3, 0.4) is 0 Å². The number of aromatic nitrogens is 2. The highest BCUT2D eigenvalue weighted by Gasteiger charge is 2.39. The summed E-state index contributed by atoms with van der Waals surface area (Å²) in [6.45, 7) is 3.88. The second kappa shape index (κ2) is 5.25. The van der Waals surface area contributed by atoms with Gasteiger partial charge < -0.3 is 5.32 Å². The zero-order valence-corrected chi connectivity index (χ0v) is 12.3. The van der Waals surface area contributed by atoms with Crippen LogP contribution in [0, 0.1) is 28.9 Å². The van der Waals surface area contributed by atoms with Gasteiger partial charge in [-0.3, -0.25) is 14.9 Å². The van der Waals surface area contributed by atoms with E-state index in [2.05, 4.69) is 10.4 Å². The van der Waals surface area contributed by atoms with E-state index in [1.165, 1.54) is 12.1 Å². The molecular formula is C15H16N4O3. The van der Waals surface area contributed by atoms with E-state index in [1.807, 2.05) is 13.8 Å². The van der Waals surface area contributed by atoms with Crippen molar-refractivity contribution in [1.29, 1.82) is 0 Å². The number of carbonyl (C=O) groups is 1. The second-order valence-electron chi connectivity index (χ2n) is 5.67. The lowest BCUT2D eigenvalue weighted by molar-refractivity contribution is -0.384. The van der Waals surface area contributed by atoms with Crippen molar-refractivity contribution < 1.29 is 9.72 Å². The molecule has 1 fully saturated rings. The van der Waals surface area contributed by atoms with Crippen LogP contribution in [0.4, 0.5) is 11.5 Å². The van der Waals surface area contributed by atoms with E-state index in [4.69, 9.17) is 0 Å². The summed E-state index contributed by atoms with van der Waals surface area (Å²) >= 11 is 0. The Morgan fingerprint density at radius 3 is 2.59 bits per heavy atom. The summed E-state index contributed by atoms with van der Waals surface area (Å²) in [7, 11) is 0. The Labute approximate surface area is 127 Å². The molecule has 1 aromatic heterocycles. The van der Waals surface area contributed by atoms with Crippen LogP contribution in [0.25, 0.3) is 5.69 Å². The molecule has 0 spiro atoms. The summed E-state index contributed by atoms with van der Waals surface area (Å²) in [5.41, 5.74) is 1.44. The van der Waals surface area contributed by atoms with Crippen LogP contribution in [0.2, 0.25) is 0 Å². The number of hydrogen-bond acceptors (Lipinski definition) is 4. The van der Waals surface area contributed by atoms with E-state index in [0.29, 0.717) is 17.4 Å². The van der Waals surface area contributed by atoms with Crippen molar-refractivity contribution in [2.24, 2.45) is 11.8 Å². The van der Waals surface area contributed by atoms with Gasteiger partial charge in [0.05, 0.1) is 16.3 Å². The molecule has 2 aromatic rings. The molecule has 22 heavy (non-hydrogen) atoms. The highest BCUT2D eigenvalue weighted by molar-refractivity contribution is 5.94. The maximum absolute atomic E-state index is 12.1. The van der Waals surface area contributed by atoms with Gasteiger partial charge in [-0.15, -0.1) is 0 Å². The van der Waals surface area contributed by atoms with Gasteiger partial charge in [0.2, 0.25) is 5.91 Å². The first-order valence-corrected chi connectivity index (χ1v) is 7.08. The topological polar surface area (TPSA) is 90.1 Å². The Balaban J connectivity index is 1.87. The van der Waals surface area contributed by atoms with Gasteiger partial charge in [0.25, 0.3) is 5.69 Å². The number of anilines is 1. The molecule has 2 atom stereocenters. The fourth-order valence-corrected chi connectivity index (χ4v) is 2.41. The maximum atomic E-state index is 12.1. The van der Waals surface area contributed by atoms with E-state index >= 15 is 0 Å². The third-order valence-electron chi connectivity index (χ3n) is 3.83. The monoisotopic (exact) mass is 300 g/mol. The minimum atomic E-state index is -0.449. The zero-order chi connectivity index (χ0) is 15.9. The number of aryl methyl sites for hydroxylation is 1. The predicted molar refractivity (Wildman–Crippen MR) is 80.9 cm³/mol. The van der Waals surface area contributed by atoms with Gasteiger partial charge in [-0.05, 0) is 31.4 Å². The number of nitro benzene ring substituents is 1. The molecule has 0 aliphatic heterocycles. The Bertz CT molecular complexity index is 736. The first-order valence-electron chi connectivity index (χ1n) is 7.08. The van der Waals surface area contributed by atoms with Crippen LogP contribution in [0.1, 0.15) is 19.0 Å². The fourth-order valence-electron chi connectivity index (χ4n) is 2.41. The minimum absolute atomic E-state index is 0.00411.